The Morgan fingerprint density at radius 1 is 0.941 bits per heavy atom. The second-order valence-corrected chi connectivity index (χ2v) is 8.18. The lowest BCUT2D eigenvalue weighted by Gasteiger charge is -2.17. The van der Waals surface area contributed by atoms with Crippen molar-refractivity contribution in [1.82, 2.24) is 20.9 Å². The lowest BCUT2D eigenvalue weighted by molar-refractivity contribution is -0.139. The van der Waals surface area contributed by atoms with Crippen LogP contribution in [-0.2, 0) is 16.0 Å². The molecule has 2 atom stereocenters. The van der Waals surface area contributed by atoms with Crippen LogP contribution in [0.1, 0.15) is 24.1 Å². The van der Waals surface area contributed by atoms with E-state index in [0.717, 1.165) is 32.8 Å². The number of nitrogens with one attached hydrogen (secondary N) is 4. The number of fused-ring (bicyclic) bond motifs is 2. The van der Waals surface area contributed by atoms with Crippen LogP contribution in [0.25, 0.3) is 21.7 Å². The van der Waals surface area contributed by atoms with E-state index in [9.17, 15) is 19.5 Å². The molecule has 174 valence electrons. The Balaban J connectivity index is 1.30. The van der Waals surface area contributed by atoms with Gasteiger partial charge in [0.25, 0.3) is 0 Å². The number of aliphatic carboxylic acids is 1. The first-order valence-electron chi connectivity index (χ1n) is 11.0. The standard InChI is InChI=1S/C26H26N4O4/c1-16(18-11-10-17-6-2-3-7-19(17)12-18)29-24(31)15-28-26(34)30-23(25(32)33)13-20-14-27-22-9-5-4-8-21(20)22/h2-12,14,16,23,27H,13,15H2,1H3,(H,29,31)(H,32,33)(H2,28,30,34)/t16-,23-/m0/s1. The average Bonchev–Trinajstić information content (AvgIpc) is 3.24. The zero-order chi connectivity index (χ0) is 24.1. The van der Waals surface area contributed by atoms with Gasteiger partial charge in [0.1, 0.15) is 6.04 Å². The van der Waals surface area contributed by atoms with E-state index in [1.807, 2.05) is 73.7 Å². The van der Waals surface area contributed by atoms with Gasteiger partial charge in [-0.15, -0.1) is 0 Å². The topological polar surface area (TPSA) is 123 Å². The molecule has 3 aromatic carbocycles. The largest absolute Gasteiger partial charge is 0.480 e. The number of hydrogen-bond acceptors (Lipinski definition) is 3. The van der Waals surface area contributed by atoms with Crippen molar-refractivity contribution in [2.45, 2.75) is 25.4 Å². The lowest BCUT2D eigenvalue weighted by Crippen LogP contribution is -2.49. The number of carboxylic acids is 1. The number of urea groups is 1. The Hall–Kier alpha value is -4.33. The molecule has 0 unspecified atom stereocenters. The number of H-pyrrole nitrogens is 1. The molecule has 3 amide bonds. The Morgan fingerprint density at radius 2 is 1.68 bits per heavy atom. The van der Waals surface area contributed by atoms with E-state index < -0.39 is 18.0 Å². The number of rotatable bonds is 8. The van der Waals surface area contributed by atoms with E-state index in [1.165, 1.54) is 0 Å². The number of hydrogen-bond donors (Lipinski definition) is 5. The molecule has 8 nitrogen and oxygen atoms in total. The first kappa shape index (κ1) is 22.8. The van der Waals surface area contributed by atoms with Crippen molar-refractivity contribution < 1.29 is 19.5 Å². The van der Waals surface area contributed by atoms with Crippen molar-refractivity contribution in [3.63, 3.8) is 0 Å². The Morgan fingerprint density at radius 3 is 2.47 bits per heavy atom. The summed E-state index contributed by atoms with van der Waals surface area (Å²) in [5.41, 5.74) is 2.62. The molecule has 4 rings (SSSR count). The molecule has 0 radical (unpaired) electrons. The van der Waals surface area contributed by atoms with Crippen molar-refractivity contribution >= 4 is 39.6 Å². The fourth-order valence-corrected chi connectivity index (χ4v) is 3.94. The van der Waals surface area contributed by atoms with Crippen molar-refractivity contribution in [2.75, 3.05) is 6.54 Å². The second-order valence-electron chi connectivity index (χ2n) is 8.18. The van der Waals surface area contributed by atoms with Crippen molar-refractivity contribution in [3.05, 3.63) is 84.1 Å². The maximum absolute atomic E-state index is 12.3. The van der Waals surface area contributed by atoms with Crippen LogP contribution in [-0.4, -0.2) is 40.6 Å². The number of para-hydroxylation sites is 1. The molecule has 0 aliphatic heterocycles. The van der Waals surface area contributed by atoms with E-state index in [0.29, 0.717) is 0 Å². The zero-order valence-corrected chi connectivity index (χ0v) is 18.7. The summed E-state index contributed by atoms with van der Waals surface area (Å²) in [7, 11) is 0. The summed E-state index contributed by atoms with van der Waals surface area (Å²) >= 11 is 0. The monoisotopic (exact) mass is 458 g/mol. The highest BCUT2D eigenvalue weighted by Gasteiger charge is 2.22. The van der Waals surface area contributed by atoms with Crippen molar-refractivity contribution in [3.8, 4) is 0 Å². The minimum Gasteiger partial charge on any atom is -0.480 e. The van der Waals surface area contributed by atoms with E-state index in [1.54, 1.807) is 6.20 Å². The Kier molecular flexibility index (Phi) is 6.77. The fourth-order valence-electron chi connectivity index (χ4n) is 3.94. The molecule has 5 N–H and O–H groups in total. The maximum Gasteiger partial charge on any atom is 0.326 e. The normalized spacial score (nSPS) is 12.7. The minimum absolute atomic E-state index is 0.109. The first-order chi connectivity index (χ1) is 16.4. The molecule has 34 heavy (non-hydrogen) atoms. The second kappa shape index (κ2) is 10.1. The van der Waals surface area contributed by atoms with Gasteiger partial charge in [-0.2, -0.15) is 0 Å². The molecule has 0 fully saturated rings. The summed E-state index contributed by atoms with van der Waals surface area (Å²) < 4.78 is 0. The van der Waals surface area contributed by atoms with Gasteiger partial charge >= 0.3 is 12.0 Å². The summed E-state index contributed by atoms with van der Waals surface area (Å²) in [6, 6.07) is 19.4. The number of amides is 3. The molecule has 0 saturated carbocycles. The third kappa shape index (κ3) is 5.35. The quantitative estimate of drug-likeness (QED) is 0.277. The molecule has 0 aliphatic carbocycles. The minimum atomic E-state index is -1.16. The summed E-state index contributed by atoms with van der Waals surface area (Å²) in [5, 5.41) is 20.4. The molecule has 1 heterocycles. The van der Waals surface area contributed by atoms with Gasteiger partial charge in [0.2, 0.25) is 5.91 Å². The molecule has 8 heteroatoms. The van der Waals surface area contributed by atoms with Crippen LogP contribution in [0, 0.1) is 0 Å². The van der Waals surface area contributed by atoms with Crippen LogP contribution >= 0.6 is 0 Å². The Bertz CT molecular complexity index is 1350. The number of carboxylic acid groups (broad SMARTS) is 1. The van der Waals surface area contributed by atoms with Gasteiger partial charge < -0.3 is 26.0 Å². The molecule has 1 aromatic heterocycles. The first-order valence-corrected chi connectivity index (χ1v) is 11.0. The highest BCUT2D eigenvalue weighted by Crippen LogP contribution is 2.20. The van der Waals surface area contributed by atoms with Crippen LogP contribution < -0.4 is 16.0 Å². The fraction of sp³-hybridized carbons (Fsp3) is 0.192. The van der Waals surface area contributed by atoms with E-state index >= 15 is 0 Å². The average molecular weight is 459 g/mol. The Labute approximate surface area is 196 Å². The van der Waals surface area contributed by atoms with Gasteiger partial charge in [-0.05, 0) is 41.0 Å². The van der Waals surface area contributed by atoms with Gasteiger partial charge in [-0.1, -0.05) is 54.6 Å². The number of carbonyl (C=O) groups excluding carboxylic acids is 2. The molecular weight excluding hydrogens is 432 g/mol. The molecule has 4 aromatic rings. The van der Waals surface area contributed by atoms with Crippen molar-refractivity contribution in [1.29, 1.82) is 0 Å². The molecule has 0 saturated heterocycles. The summed E-state index contributed by atoms with van der Waals surface area (Å²) in [5.74, 6) is -1.53. The molecule has 0 aliphatic rings. The number of aromatic nitrogens is 1. The summed E-state index contributed by atoms with van der Waals surface area (Å²) in [4.78, 5) is 39.4. The van der Waals surface area contributed by atoms with Gasteiger partial charge in [0.05, 0.1) is 12.6 Å². The van der Waals surface area contributed by atoms with Gasteiger partial charge in [0, 0.05) is 23.5 Å². The van der Waals surface area contributed by atoms with Crippen LogP contribution in [0.3, 0.4) is 0 Å². The van der Waals surface area contributed by atoms with Gasteiger partial charge in [-0.3, -0.25) is 4.79 Å². The molecule has 0 spiro atoms. The van der Waals surface area contributed by atoms with Crippen molar-refractivity contribution in [2.24, 2.45) is 0 Å². The molecular formula is C26H26N4O4. The predicted octanol–water partition coefficient (Wildman–Crippen LogP) is 3.49. The SMILES string of the molecule is C[C@H](NC(=O)CNC(=O)N[C@@H](Cc1c[nH]c2ccccc12)C(=O)O)c1ccc2ccccc2c1. The zero-order valence-electron chi connectivity index (χ0n) is 18.7. The summed E-state index contributed by atoms with van der Waals surface area (Å²) in [6.45, 7) is 1.59. The smallest absolute Gasteiger partial charge is 0.326 e. The van der Waals surface area contributed by atoms with E-state index in [2.05, 4.69) is 20.9 Å². The third-order valence-corrected chi connectivity index (χ3v) is 5.76. The summed E-state index contributed by atoms with van der Waals surface area (Å²) in [6.07, 6.45) is 1.85. The van der Waals surface area contributed by atoms with Crippen LogP contribution in [0.15, 0.2) is 72.9 Å². The van der Waals surface area contributed by atoms with Gasteiger partial charge in [0.15, 0.2) is 0 Å². The number of aromatic amines is 1. The third-order valence-electron chi connectivity index (χ3n) is 5.76. The highest BCUT2D eigenvalue weighted by molar-refractivity contribution is 5.88. The number of benzene rings is 3. The van der Waals surface area contributed by atoms with E-state index in [-0.39, 0.29) is 24.9 Å². The lowest BCUT2D eigenvalue weighted by atomic mass is 10.0. The van der Waals surface area contributed by atoms with Crippen LogP contribution in [0.4, 0.5) is 4.79 Å². The highest BCUT2D eigenvalue weighted by atomic mass is 16.4. The number of carbonyl (C=O) groups is 3. The van der Waals surface area contributed by atoms with Crippen LogP contribution in [0.5, 0.6) is 0 Å². The molecule has 0 bridgehead atoms. The predicted molar refractivity (Wildman–Crippen MR) is 130 cm³/mol. The van der Waals surface area contributed by atoms with E-state index in [4.69, 9.17) is 0 Å². The van der Waals surface area contributed by atoms with Crippen LogP contribution in [0.2, 0.25) is 0 Å². The van der Waals surface area contributed by atoms with Gasteiger partial charge in [-0.25, -0.2) is 9.59 Å². The maximum atomic E-state index is 12.3.